The molecule has 2 aromatic rings. The van der Waals surface area contributed by atoms with Crippen molar-refractivity contribution in [3.63, 3.8) is 0 Å². The Kier molecular flexibility index (Phi) is 5.33. The van der Waals surface area contributed by atoms with Crippen molar-refractivity contribution in [3.8, 4) is 5.75 Å². The van der Waals surface area contributed by atoms with Crippen molar-refractivity contribution in [2.45, 2.75) is 31.3 Å². The van der Waals surface area contributed by atoms with E-state index in [0.717, 1.165) is 18.0 Å². The van der Waals surface area contributed by atoms with Crippen molar-refractivity contribution < 1.29 is 14.6 Å². The number of aromatic nitrogens is 3. The maximum Gasteiger partial charge on any atom is 0.226 e. The van der Waals surface area contributed by atoms with Gasteiger partial charge in [0.15, 0.2) is 0 Å². The van der Waals surface area contributed by atoms with Gasteiger partial charge >= 0.3 is 0 Å². The summed E-state index contributed by atoms with van der Waals surface area (Å²) in [5, 5.41) is 18.8. The molecule has 0 saturated carbocycles. The number of hydrogen-bond donors (Lipinski definition) is 1. The lowest BCUT2D eigenvalue weighted by atomic mass is 9.89. The Morgan fingerprint density at radius 2 is 2.16 bits per heavy atom. The second-order valence-corrected chi connectivity index (χ2v) is 6.59. The van der Waals surface area contributed by atoms with Crippen LogP contribution in [0.2, 0.25) is 0 Å². The highest BCUT2D eigenvalue weighted by atomic mass is 16.5. The zero-order valence-electron chi connectivity index (χ0n) is 14.5. The van der Waals surface area contributed by atoms with Crippen LogP contribution in [0, 0.1) is 0 Å². The van der Waals surface area contributed by atoms with Gasteiger partial charge in [0.25, 0.3) is 0 Å². The molecule has 0 bridgehead atoms. The lowest BCUT2D eigenvalue weighted by Gasteiger charge is -2.39. The molecule has 1 fully saturated rings. The second kappa shape index (κ2) is 7.65. The maximum absolute atomic E-state index is 12.4. The van der Waals surface area contributed by atoms with E-state index < -0.39 is 5.60 Å². The second-order valence-electron chi connectivity index (χ2n) is 6.59. The molecule has 134 valence electrons. The summed E-state index contributed by atoms with van der Waals surface area (Å²) in [6.45, 7) is 1.33. The number of rotatable bonds is 6. The van der Waals surface area contributed by atoms with Crippen molar-refractivity contribution in [2.24, 2.45) is 7.05 Å². The van der Waals surface area contributed by atoms with Crippen LogP contribution in [0.5, 0.6) is 5.75 Å². The number of benzene rings is 1. The largest absolute Gasteiger partial charge is 0.493 e. The van der Waals surface area contributed by atoms with E-state index >= 15 is 0 Å². The van der Waals surface area contributed by atoms with E-state index in [0.29, 0.717) is 39.0 Å². The predicted octanol–water partition coefficient (Wildman–Crippen LogP) is 1.18. The minimum Gasteiger partial charge on any atom is -0.493 e. The van der Waals surface area contributed by atoms with Crippen LogP contribution < -0.4 is 4.74 Å². The van der Waals surface area contributed by atoms with Crippen LogP contribution in [0.1, 0.15) is 25.1 Å². The average molecular weight is 344 g/mol. The van der Waals surface area contributed by atoms with Crippen LogP contribution in [0.4, 0.5) is 0 Å². The van der Waals surface area contributed by atoms with Gasteiger partial charge in [-0.1, -0.05) is 18.2 Å². The number of piperidine rings is 1. The molecule has 7 nitrogen and oxygen atoms in total. The monoisotopic (exact) mass is 344 g/mol. The van der Waals surface area contributed by atoms with Gasteiger partial charge in [-0.15, -0.1) is 10.2 Å². The number of nitrogens with zero attached hydrogens (tertiary/aromatic N) is 4. The number of β-amino-alcohol motifs (C(OH)–C–C–N with tert-alkyl or cyclic N) is 1. The van der Waals surface area contributed by atoms with Gasteiger partial charge in [-0.2, -0.15) is 0 Å². The molecule has 1 aliphatic heterocycles. The molecule has 0 spiro atoms. The zero-order valence-corrected chi connectivity index (χ0v) is 14.5. The van der Waals surface area contributed by atoms with Crippen LogP contribution >= 0.6 is 0 Å². The van der Waals surface area contributed by atoms with E-state index in [2.05, 4.69) is 10.2 Å². The third-order valence-electron chi connectivity index (χ3n) is 4.53. The summed E-state index contributed by atoms with van der Waals surface area (Å²) in [5.41, 5.74) is -0.949. The van der Waals surface area contributed by atoms with E-state index in [1.807, 2.05) is 37.4 Å². The molecule has 1 aromatic carbocycles. The van der Waals surface area contributed by atoms with Gasteiger partial charge in [-0.3, -0.25) is 4.79 Å². The third kappa shape index (κ3) is 4.57. The van der Waals surface area contributed by atoms with Gasteiger partial charge in [0.1, 0.15) is 17.9 Å². The van der Waals surface area contributed by atoms with Crippen molar-refractivity contribution in [1.29, 1.82) is 0 Å². The normalized spacial score (nSPS) is 20.5. The molecule has 1 atom stereocenters. The molecule has 1 unspecified atom stereocenters. The van der Waals surface area contributed by atoms with Crippen molar-refractivity contribution >= 4 is 5.91 Å². The fourth-order valence-corrected chi connectivity index (χ4v) is 3.16. The Balaban J connectivity index is 1.51. The smallest absolute Gasteiger partial charge is 0.226 e. The topological polar surface area (TPSA) is 80.5 Å². The van der Waals surface area contributed by atoms with Gasteiger partial charge in [0.2, 0.25) is 5.91 Å². The number of aliphatic hydroxyl groups is 1. The molecule has 25 heavy (non-hydrogen) atoms. The lowest BCUT2D eigenvalue weighted by Crippen LogP contribution is -2.52. The highest BCUT2D eigenvalue weighted by Crippen LogP contribution is 2.25. The molecule has 0 aliphatic carbocycles. The molecule has 1 amide bonds. The summed E-state index contributed by atoms with van der Waals surface area (Å²) < 4.78 is 7.39. The number of carbonyl (C=O) groups is 1. The minimum absolute atomic E-state index is 0.00650. The van der Waals surface area contributed by atoms with Crippen LogP contribution in [0.15, 0.2) is 36.7 Å². The van der Waals surface area contributed by atoms with E-state index in [9.17, 15) is 9.90 Å². The quantitative estimate of drug-likeness (QED) is 0.851. The van der Waals surface area contributed by atoms with Crippen LogP contribution in [-0.2, 0) is 18.3 Å². The first-order chi connectivity index (χ1) is 12.1. The molecule has 1 aliphatic rings. The average Bonchev–Trinajstić information content (AvgIpc) is 3.00. The Bertz CT molecular complexity index is 703. The molecule has 1 N–H and O–H groups in total. The molecule has 1 aromatic heterocycles. The zero-order chi connectivity index (χ0) is 17.7. The van der Waals surface area contributed by atoms with E-state index in [-0.39, 0.29) is 5.91 Å². The SMILES string of the molecule is Cn1cnnc1CC1(O)CCCN(C(=O)CCOc2ccccc2)C1. The molecule has 1 saturated heterocycles. The Morgan fingerprint density at radius 3 is 2.88 bits per heavy atom. The van der Waals surface area contributed by atoms with Crippen LogP contribution in [-0.4, -0.2) is 56.0 Å². The van der Waals surface area contributed by atoms with Gasteiger partial charge in [-0.25, -0.2) is 0 Å². The summed E-state index contributed by atoms with van der Waals surface area (Å²) in [6.07, 6.45) is 3.75. The minimum atomic E-state index is -0.949. The molecule has 0 radical (unpaired) electrons. The first-order valence-electron chi connectivity index (χ1n) is 8.57. The first kappa shape index (κ1) is 17.4. The summed E-state index contributed by atoms with van der Waals surface area (Å²) in [6, 6.07) is 9.45. The van der Waals surface area contributed by atoms with Gasteiger partial charge in [-0.05, 0) is 25.0 Å². The van der Waals surface area contributed by atoms with Crippen molar-refractivity contribution in [1.82, 2.24) is 19.7 Å². The summed E-state index contributed by atoms with van der Waals surface area (Å²) in [5.74, 6) is 1.49. The van der Waals surface area contributed by atoms with Crippen molar-refractivity contribution in [3.05, 3.63) is 42.5 Å². The number of aryl methyl sites for hydroxylation is 1. The maximum atomic E-state index is 12.4. The van der Waals surface area contributed by atoms with Crippen LogP contribution in [0.3, 0.4) is 0 Å². The summed E-state index contributed by atoms with van der Waals surface area (Å²) in [4.78, 5) is 14.2. The number of carbonyl (C=O) groups excluding carboxylic acids is 1. The standard InChI is InChI=1S/C18H24N4O3/c1-21-14-19-20-16(21)12-18(24)9-5-10-22(13-18)17(23)8-11-25-15-6-3-2-4-7-15/h2-4,6-7,14,24H,5,8-13H2,1H3. The highest BCUT2D eigenvalue weighted by Gasteiger charge is 2.36. The van der Waals surface area contributed by atoms with E-state index in [1.165, 1.54) is 0 Å². The number of para-hydroxylation sites is 1. The van der Waals surface area contributed by atoms with Gasteiger partial charge in [0.05, 0.1) is 18.6 Å². The molecule has 2 heterocycles. The summed E-state index contributed by atoms with van der Waals surface area (Å²) >= 11 is 0. The predicted molar refractivity (Wildman–Crippen MR) is 92.0 cm³/mol. The third-order valence-corrected chi connectivity index (χ3v) is 4.53. The highest BCUT2D eigenvalue weighted by molar-refractivity contribution is 5.76. The van der Waals surface area contributed by atoms with E-state index in [1.54, 1.807) is 15.8 Å². The lowest BCUT2D eigenvalue weighted by molar-refractivity contribution is -0.138. The first-order valence-corrected chi connectivity index (χ1v) is 8.57. The molecule has 7 heteroatoms. The molecular weight excluding hydrogens is 320 g/mol. The fraction of sp³-hybridized carbons (Fsp3) is 0.500. The van der Waals surface area contributed by atoms with E-state index in [4.69, 9.17) is 4.74 Å². The fourth-order valence-electron chi connectivity index (χ4n) is 3.16. The number of amides is 1. The molecule has 3 rings (SSSR count). The van der Waals surface area contributed by atoms with Crippen LogP contribution in [0.25, 0.3) is 0 Å². The van der Waals surface area contributed by atoms with Gasteiger partial charge < -0.3 is 19.3 Å². The Labute approximate surface area is 147 Å². The number of hydrogen-bond acceptors (Lipinski definition) is 5. The van der Waals surface area contributed by atoms with Crippen molar-refractivity contribution in [2.75, 3.05) is 19.7 Å². The number of ether oxygens (including phenoxy) is 1. The molecular formula is C18H24N4O3. The Hall–Kier alpha value is -2.41. The summed E-state index contributed by atoms with van der Waals surface area (Å²) in [7, 11) is 1.85. The number of likely N-dealkylation sites (tertiary alicyclic amines) is 1. The Morgan fingerprint density at radius 1 is 1.36 bits per heavy atom. The van der Waals surface area contributed by atoms with Gasteiger partial charge in [0, 0.05) is 26.6 Å².